The molecule has 5 N–H and O–H groups in total. The molecule has 1 atom stereocenters. The summed E-state index contributed by atoms with van der Waals surface area (Å²) >= 11 is 13.8. The van der Waals surface area contributed by atoms with Gasteiger partial charge in [-0.15, -0.1) is 10.2 Å². The van der Waals surface area contributed by atoms with Crippen molar-refractivity contribution in [2.24, 2.45) is 5.14 Å². The molecule has 0 saturated heterocycles. The number of hydrogen-bond acceptors (Lipinski definition) is 6. The van der Waals surface area contributed by atoms with Crippen LogP contribution in [0.3, 0.4) is 0 Å². The Labute approximate surface area is 195 Å². The second-order valence-electron chi connectivity index (χ2n) is 6.94. The van der Waals surface area contributed by atoms with Crippen LogP contribution in [-0.4, -0.2) is 30.6 Å². The van der Waals surface area contributed by atoms with Crippen LogP contribution in [0.15, 0.2) is 46.5 Å². The third-order valence-electron chi connectivity index (χ3n) is 4.70. The molecule has 1 fully saturated rings. The predicted octanol–water partition coefficient (Wildman–Crippen LogP) is 3.75. The van der Waals surface area contributed by atoms with Crippen molar-refractivity contribution in [2.45, 2.75) is 28.8 Å². The van der Waals surface area contributed by atoms with Gasteiger partial charge in [-0.25, -0.2) is 9.35 Å². The third-order valence-corrected chi connectivity index (χ3v) is 6.96. The van der Waals surface area contributed by atoms with Gasteiger partial charge in [0.1, 0.15) is 11.0 Å². The van der Waals surface area contributed by atoms with Crippen molar-refractivity contribution >= 4 is 63.5 Å². The molecule has 0 spiro atoms. The summed E-state index contributed by atoms with van der Waals surface area (Å²) in [4.78, 5) is 12.8. The van der Waals surface area contributed by atoms with Crippen molar-refractivity contribution < 1.29 is 9.00 Å². The molecular weight excluding hydrogens is 479 g/mol. The number of carbonyl (C=O) groups excluding carboxylic acids is 1. The number of amides is 1. The summed E-state index contributed by atoms with van der Waals surface area (Å²) in [7, 11) is -1.65. The molecule has 0 bridgehead atoms. The lowest BCUT2D eigenvalue weighted by Crippen LogP contribution is -2.15. The number of nitrogens with two attached hydrogens (primary N) is 2. The lowest BCUT2D eigenvalue weighted by molar-refractivity contribution is -0.113. The van der Waals surface area contributed by atoms with Crippen LogP contribution in [0.25, 0.3) is 5.69 Å². The van der Waals surface area contributed by atoms with E-state index in [2.05, 4.69) is 15.5 Å². The molecule has 1 saturated carbocycles. The molecule has 4 rings (SSSR count). The van der Waals surface area contributed by atoms with Gasteiger partial charge in [-0.1, -0.05) is 41.0 Å². The number of halogens is 2. The van der Waals surface area contributed by atoms with E-state index in [1.807, 2.05) is 18.2 Å². The fourth-order valence-corrected chi connectivity index (χ4v) is 4.77. The SMILES string of the molecule is Nc1nnc(SCC(=O)Nc2ccc(S(N)=O)cc2Cl)n1-c1ccc(C2CC2)cc1Cl. The van der Waals surface area contributed by atoms with Crippen LogP contribution >= 0.6 is 35.0 Å². The first-order valence-electron chi connectivity index (χ1n) is 9.22. The van der Waals surface area contributed by atoms with Gasteiger partial charge in [0.05, 0.1) is 32.1 Å². The number of rotatable bonds is 7. The molecule has 1 aromatic heterocycles. The van der Waals surface area contributed by atoms with E-state index in [9.17, 15) is 9.00 Å². The van der Waals surface area contributed by atoms with E-state index in [0.717, 1.165) is 11.8 Å². The highest BCUT2D eigenvalue weighted by atomic mass is 35.5. The molecule has 8 nitrogen and oxygen atoms in total. The summed E-state index contributed by atoms with van der Waals surface area (Å²) < 4.78 is 12.9. The Morgan fingerprint density at radius 3 is 2.61 bits per heavy atom. The summed E-state index contributed by atoms with van der Waals surface area (Å²) in [6.07, 6.45) is 2.36. The maximum absolute atomic E-state index is 12.4. The lowest BCUT2D eigenvalue weighted by Gasteiger charge is -2.12. The molecule has 162 valence electrons. The summed E-state index contributed by atoms with van der Waals surface area (Å²) in [6, 6.07) is 10.4. The maximum atomic E-state index is 12.4. The monoisotopic (exact) mass is 496 g/mol. The quantitative estimate of drug-likeness (QED) is 0.427. The van der Waals surface area contributed by atoms with Crippen molar-refractivity contribution in [3.63, 3.8) is 0 Å². The van der Waals surface area contributed by atoms with Gasteiger partial charge in [0, 0.05) is 0 Å². The first-order chi connectivity index (χ1) is 14.8. The zero-order chi connectivity index (χ0) is 22.1. The Bertz CT molecular complexity index is 1180. The molecule has 3 aromatic rings. The largest absolute Gasteiger partial charge is 0.368 e. The number of thioether (sulfide) groups is 1. The smallest absolute Gasteiger partial charge is 0.234 e. The fourth-order valence-electron chi connectivity index (χ4n) is 3.02. The van der Waals surface area contributed by atoms with Crippen molar-refractivity contribution in [3.8, 4) is 5.69 Å². The molecule has 1 aliphatic carbocycles. The number of carbonyl (C=O) groups is 1. The highest BCUT2D eigenvalue weighted by Crippen LogP contribution is 2.42. The molecule has 12 heteroatoms. The minimum Gasteiger partial charge on any atom is -0.368 e. The summed E-state index contributed by atoms with van der Waals surface area (Å²) in [6.45, 7) is 0. The second-order valence-corrected chi connectivity index (χ2v) is 9.76. The van der Waals surface area contributed by atoms with E-state index >= 15 is 0 Å². The zero-order valence-electron chi connectivity index (χ0n) is 16.0. The Morgan fingerprint density at radius 1 is 1.19 bits per heavy atom. The van der Waals surface area contributed by atoms with Gasteiger partial charge in [0.25, 0.3) is 0 Å². The molecule has 1 amide bonds. The first-order valence-corrected chi connectivity index (χ1v) is 12.2. The average Bonchev–Trinajstić information content (AvgIpc) is 3.51. The van der Waals surface area contributed by atoms with Crippen molar-refractivity contribution in [1.29, 1.82) is 0 Å². The number of nitrogen functional groups attached to an aromatic ring is 1. The van der Waals surface area contributed by atoms with Gasteiger partial charge in [0.2, 0.25) is 11.9 Å². The van der Waals surface area contributed by atoms with Crippen LogP contribution in [0.4, 0.5) is 11.6 Å². The number of nitrogens with one attached hydrogen (secondary N) is 1. The van der Waals surface area contributed by atoms with Crippen molar-refractivity contribution in [3.05, 3.63) is 52.0 Å². The van der Waals surface area contributed by atoms with Crippen LogP contribution in [0.2, 0.25) is 10.0 Å². The van der Waals surface area contributed by atoms with E-state index in [1.165, 1.54) is 30.5 Å². The fraction of sp³-hybridized carbons (Fsp3) is 0.211. The van der Waals surface area contributed by atoms with Gasteiger partial charge in [-0.05, 0) is 54.7 Å². The molecule has 0 aliphatic heterocycles. The van der Waals surface area contributed by atoms with E-state index in [4.69, 9.17) is 34.1 Å². The van der Waals surface area contributed by atoms with Gasteiger partial charge in [-0.2, -0.15) is 0 Å². The van der Waals surface area contributed by atoms with Crippen LogP contribution in [0, 0.1) is 0 Å². The Kier molecular flexibility index (Phi) is 6.54. The van der Waals surface area contributed by atoms with E-state index < -0.39 is 11.0 Å². The number of anilines is 2. The standard InChI is InChI=1S/C19H18Cl2N6O2S2/c20-13-8-12(31(23)29)4-5-15(13)24-17(28)9-30-19-26-25-18(22)27(19)16-6-3-11(7-14(16)21)10-1-2-10/h3-8,10H,1-2,9,23H2,(H2,22,25)(H,24,28). The molecule has 1 aliphatic rings. The first kappa shape index (κ1) is 22.1. The van der Waals surface area contributed by atoms with Gasteiger partial charge in [-0.3, -0.25) is 9.36 Å². The Morgan fingerprint density at radius 2 is 1.97 bits per heavy atom. The normalized spacial score (nSPS) is 14.4. The topological polar surface area (TPSA) is 129 Å². The summed E-state index contributed by atoms with van der Waals surface area (Å²) in [5.41, 5.74) is 8.26. The molecule has 0 radical (unpaired) electrons. The van der Waals surface area contributed by atoms with Gasteiger partial charge in [0.15, 0.2) is 5.16 Å². The molecule has 1 unspecified atom stereocenters. The van der Waals surface area contributed by atoms with Crippen molar-refractivity contribution in [1.82, 2.24) is 14.8 Å². The molecule has 2 aromatic carbocycles. The maximum Gasteiger partial charge on any atom is 0.234 e. The minimum atomic E-state index is -1.65. The van der Waals surface area contributed by atoms with Crippen LogP contribution in [0.5, 0.6) is 0 Å². The van der Waals surface area contributed by atoms with Gasteiger partial charge < -0.3 is 11.1 Å². The van der Waals surface area contributed by atoms with Crippen LogP contribution < -0.4 is 16.2 Å². The van der Waals surface area contributed by atoms with E-state index in [-0.39, 0.29) is 22.6 Å². The molecular formula is C19H18Cl2N6O2S2. The molecule has 1 heterocycles. The lowest BCUT2D eigenvalue weighted by atomic mass is 10.1. The number of hydrogen-bond donors (Lipinski definition) is 3. The number of aromatic nitrogens is 3. The highest BCUT2D eigenvalue weighted by molar-refractivity contribution is 7.99. The minimum absolute atomic E-state index is 0.0385. The Balaban J connectivity index is 1.46. The van der Waals surface area contributed by atoms with Crippen LogP contribution in [-0.2, 0) is 15.8 Å². The predicted molar refractivity (Wildman–Crippen MR) is 124 cm³/mol. The summed E-state index contributed by atoms with van der Waals surface area (Å²) in [5, 5.41) is 17.3. The number of benzene rings is 2. The average molecular weight is 497 g/mol. The van der Waals surface area contributed by atoms with Crippen LogP contribution in [0.1, 0.15) is 24.3 Å². The highest BCUT2D eigenvalue weighted by Gasteiger charge is 2.25. The third kappa shape index (κ3) is 5.04. The second kappa shape index (κ2) is 9.17. The van der Waals surface area contributed by atoms with Crippen molar-refractivity contribution in [2.75, 3.05) is 16.8 Å². The van der Waals surface area contributed by atoms with E-state index in [0.29, 0.717) is 32.4 Å². The molecule has 31 heavy (non-hydrogen) atoms. The number of nitrogens with zero attached hydrogens (tertiary/aromatic N) is 3. The van der Waals surface area contributed by atoms with E-state index in [1.54, 1.807) is 10.6 Å². The van der Waals surface area contributed by atoms with Gasteiger partial charge >= 0.3 is 0 Å². The zero-order valence-corrected chi connectivity index (χ0v) is 19.2. The Hall–Kier alpha value is -2.11. The summed E-state index contributed by atoms with van der Waals surface area (Å²) in [5.74, 6) is 0.485.